The lowest BCUT2D eigenvalue weighted by Crippen LogP contribution is -2.06. The fraction of sp³-hybridized carbons (Fsp3) is 0.176. The van der Waals surface area contributed by atoms with Crippen LogP contribution in [0.2, 0.25) is 0 Å². The molecule has 4 heteroatoms. The van der Waals surface area contributed by atoms with Gasteiger partial charge in [0.2, 0.25) is 0 Å². The lowest BCUT2D eigenvalue weighted by molar-refractivity contribution is 0.0697. The molecule has 0 saturated heterocycles. The Hall–Kier alpha value is -2.80. The first-order valence-electron chi connectivity index (χ1n) is 6.67. The van der Waals surface area contributed by atoms with Gasteiger partial charge in [-0.15, -0.1) is 0 Å². The van der Waals surface area contributed by atoms with E-state index in [-0.39, 0.29) is 0 Å². The Morgan fingerprint density at radius 3 is 2.76 bits per heavy atom. The van der Waals surface area contributed by atoms with Gasteiger partial charge in [-0.3, -0.25) is 0 Å². The Bertz CT molecular complexity index is 702. The summed E-state index contributed by atoms with van der Waals surface area (Å²) in [5.74, 6) is -0.910. The molecule has 0 saturated carbocycles. The highest BCUT2D eigenvalue weighted by Crippen LogP contribution is 2.14. The first-order chi connectivity index (χ1) is 10.1. The molecule has 0 fully saturated rings. The second-order valence-corrected chi connectivity index (χ2v) is 4.82. The van der Waals surface area contributed by atoms with Crippen LogP contribution in [0.15, 0.2) is 42.5 Å². The highest BCUT2D eigenvalue weighted by atomic mass is 16.4. The van der Waals surface area contributed by atoms with Gasteiger partial charge in [-0.1, -0.05) is 12.1 Å². The molecule has 0 aliphatic carbocycles. The average Bonchev–Trinajstić information content (AvgIpc) is 2.48. The van der Waals surface area contributed by atoms with Crippen molar-refractivity contribution in [3.8, 4) is 6.07 Å². The van der Waals surface area contributed by atoms with Gasteiger partial charge in [0.05, 0.1) is 17.2 Å². The van der Waals surface area contributed by atoms with Gasteiger partial charge in [0.25, 0.3) is 0 Å². The summed E-state index contributed by atoms with van der Waals surface area (Å²) in [4.78, 5) is 10.9. The fourth-order valence-electron chi connectivity index (χ4n) is 2.11. The largest absolute Gasteiger partial charge is 0.478 e. The average molecular weight is 280 g/mol. The van der Waals surface area contributed by atoms with Crippen LogP contribution in [0.3, 0.4) is 0 Å². The monoisotopic (exact) mass is 280 g/mol. The number of rotatable bonds is 5. The minimum absolute atomic E-state index is 0.307. The molecular weight excluding hydrogens is 264 g/mol. The molecule has 0 bridgehead atoms. The third kappa shape index (κ3) is 3.83. The predicted molar refractivity (Wildman–Crippen MR) is 81.5 cm³/mol. The SMILES string of the molecule is Cc1cc(NCCc2cccc(C(=O)O)c2)ccc1C#N. The lowest BCUT2D eigenvalue weighted by Gasteiger charge is -2.08. The van der Waals surface area contributed by atoms with Gasteiger partial charge in [0.15, 0.2) is 0 Å². The van der Waals surface area contributed by atoms with E-state index in [1.165, 1.54) is 0 Å². The number of hydrogen-bond acceptors (Lipinski definition) is 3. The molecular formula is C17H16N2O2. The highest BCUT2D eigenvalue weighted by molar-refractivity contribution is 5.87. The van der Waals surface area contributed by atoms with E-state index in [1.54, 1.807) is 24.3 Å². The van der Waals surface area contributed by atoms with Gasteiger partial charge in [0, 0.05) is 12.2 Å². The molecule has 2 aromatic carbocycles. The van der Waals surface area contributed by atoms with Crippen molar-refractivity contribution >= 4 is 11.7 Å². The predicted octanol–water partition coefficient (Wildman–Crippen LogP) is 3.22. The van der Waals surface area contributed by atoms with Gasteiger partial charge < -0.3 is 10.4 Å². The van der Waals surface area contributed by atoms with Crippen LogP contribution < -0.4 is 5.32 Å². The van der Waals surface area contributed by atoms with Crippen molar-refractivity contribution in [1.82, 2.24) is 0 Å². The summed E-state index contributed by atoms with van der Waals surface area (Å²) < 4.78 is 0. The van der Waals surface area contributed by atoms with E-state index in [9.17, 15) is 4.79 Å². The molecule has 0 radical (unpaired) electrons. The molecule has 0 heterocycles. The Kier molecular flexibility index (Phi) is 4.57. The molecule has 0 aliphatic heterocycles. The highest BCUT2D eigenvalue weighted by Gasteiger charge is 2.03. The summed E-state index contributed by atoms with van der Waals surface area (Å²) in [6.07, 6.45) is 0.736. The molecule has 0 unspecified atom stereocenters. The molecule has 0 amide bonds. The van der Waals surface area contributed by atoms with Crippen molar-refractivity contribution in [1.29, 1.82) is 5.26 Å². The van der Waals surface area contributed by atoms with Crippen molar-refractivity contribution < 1.29 is 9.90 Å². The van der Waals surface area contributed by atoms with E-state index in [1.807, 2.05) is 25.1 Å². The summed E-state index contributed by atoms with van der Waals surface area (Å²) in [7, 11) is 0. The molecule has 106 valence electrons. The fourth-order valence-corrected chi connectivity index (χ4v) is 2.11. The van der Waals surface area contributed by atoms with Gasteiger partial charge in [-0.2, -0.15) is 5.26 Å². The summed E-state index contributed by atoms with van der Waals surface area (Å²) >= 11 is 0. The summed E-state index contributed by atoms with van der Waals surface area (Å²) in [6.45, 7) is 2.61. The van der Waals surface area contributed by atoms with Gasteiger partial charge >= 0.3 is 5.97 Å². The van der Waals surface area contributed by atoms with E-state index in [0.717, 1.165) is 23.2 Å². The van der Waals surface area contributed by atoms with E-state index < -0.39 is 5.97 Å². The first-order valence-corrected chi connectivity index (χ1v) is 6.67. The van der Waals surface area contributed by atoms with Crippen molar-refractivity contribution in [2.24, 2.45) is 0 Å². The zero-order chi connectivity index (χ0) is 15.2. The standard InChI is InChI=1S/C17H16N2O2/c1-12-9-16(6-5-15(12)11-18)19-8-7-13-3-2-4-14(10-13)17(20)21/h2-6,9-10,19H,7-8H2,1H3,(H,20,21). The lowest BCUT2D eigenvalue weighted by atomic mass is 10.1. The molecule has 0 aromatic heterocycles. The number of nitrogens with one attached hydrogen (secondary N) is 1. The number of hydrogen-bond donors (Lipinski definition) is 2. The number of carbonyl (C=O) groups is 1. The van der Waals surface area contributed by atoms with Crippen LogP contribution in [-0.4, -0.2) is 17.6 Å². The molecule has 0 aliphatic rings. The maximum absolute atomic E-state index is 10.9. The molecule has 2 aromatic rings. The minimum Gasteiger partial charge on any atom is -0.478 e. The number of aromatic carboxylic acids is 1. The normalized spacial score (nSPS) is 9.90. The maximum Gasteiger partial charge on any atom is 0.335 e. The number of nitriles is 1. The minimum atomic E-state index is -0.910. The molecule has 0 atom stereocenters. The van der Waals surface area contributed by atoms with E-state index in [2.05, 4.69) is 11.4 Å². The molecule has 2 N–H and O–H groups in total. The van der Waals surface area contributed by atoms with E-state index in [0.29, 0.717) is 17.7 Å². The topological polar surface area (TPSA) is 73.1 Å². The zero-order valence-corrected chi connectivity index (χ0v) is 11.8. The number of carboxylic acid groups (broad SMARTS) is 1. The smallest absolute Gasteiger partial charge is 0.335 e. The zero-order valence-electron chi connectivity index (χ0n) is 11.8. The van der Waals surface area contributed by atoms with E-state index >= 15 is 0 Å². The summed E-state index contributed by atoms with van der Waals surface area (Å²) in [6, 6.07) is 14.7. The van der Waals surface area contributed by atoms with Gasteiger partial charge in [-0.05, 0) is 54.8 Å². The third-order valence-corrected chi connectivity index (χ3v) is 3.26. The number of benzene rings is 2. The Morgan fingerprint density at radius 1 is 1.29 bits per heavy atom. The Balaban J connectivity index is 1.95. The Morgan fingerprint density at radius 2 is 2.10 bits per heavy atom. The number of nitrogens with zero attached hydrogens (tertiary/aromatic N) is 1. The second kappa shape index (κ2) is 6.58. The summed E-state index contributed by atoms with van der Waals surface area (Å²) in [5, 5.41) is 21.1. The number of carboxylic acids is 1. The first kappa shape index (κ1) is 14.6. The Labute approximate surface area is 123 Å². The number of anilines is 1. The van der Waals surface area contributed by atoms with Crippen LogP contribution in [0, 0.1) is 18.3 Å². The molecule has 2 rings (SSSR count). The van der Waals surface area contributed by atoms with Gasteiger partial charge in [-0.25, -0.2) is 4.79 Å². The van der Waals surface area contributed by atoms with E-state index in [4.69, 9.17) is 10.4 Å². The molecule has 4 nitrogen and oxygen atoms in total. The quantitative estimate of drug-likeness (QED) is 0.882. The van der Waals surface area contributed by atoms with Crippen molar-refractivity contribution in [2.45, 2.75) is 13.3 Å². The van der Waals surface area contributed by atoms with Crippen LogP contribution in [0.4, 0.5) is 5.69 Å². The number of aryl methyl sites for hydroxylation is 1. The van der Waals surface area contributed by atoms with Crippen LogP contribution in [-0.2, 0) is 6.42 Å². The van der Waals surface area contributed by atoms with Crippen LogP contribution in [0.5, 0.6) is 0 Å². The second-order valence-electron chi connectivity index (χ2n) is 4.82. The van der Waals surface area contributed by atoms with Gasteiger partial charge in [0.1, 0.15) is 0 Å². The van der Waals surface area contributed by atoms with Crippen LogP contribution in [0.25, 0.3) is 0 Å². The van der Waals surface area contributed by atoms with Crippen molar-refractivity contribution in [3.63, 3.8) is 0 Å². The maximum atomic E-state index is 10.9. The molecule has 0 spiro atoms. The van der Waals surface area contributed by atoms with Crippen molar-refractivity contribution in [2.75, 3.05) is 11.9 Å². The van der Waals surface area contributed by atoms with Crippen LogP contribution >= 0.6 is 0 Å². The van der Waals surface area contributed by atoms with Crippen LogP contribution in [0.1, 0.15) is 27.0 Å². The molecule has 21 heavy (non-hydrogen) atoms. The summed E-state index contributed by atoms with van der Waals surface area (Å²) in [5.41, 5.74) is 3.86. The third-order valence-electron chi connectivity index (χ3n) is 3.26. The van der Waals surface area contributed by atoms with Crippen molar-refractivity contribution in [3.05, 3.63) is 64.7 Å².